The Morgan fingerprint density at radius 1 is 0.727 bits per heavy atom. The Morgan fingerprint density at radius 2 is 1.09 bits per heavy atom. The second kappa shape index (κ2) is 4.71. The first-order valence-electron chi connectivity index (χ1n) is 9.79. The highest BCUT2D eigenvalue weighted by molar-refractivity contribution is 7.08. The summed E-state index contributed by atoms with van der Waals surface area (Å²) in [5.41, 5.74) is 1.18. The first-order valence-corrected chi connectivity index (χ1v) is 10.2. The van der Waals surface area contributed by atoms with Gasteiger partial charge in [0.2, 0.25) is 0 Å². The summed E-state index contributed by atoms with van der Waals surface area (Å²) in [6, 6.07) is 0. The van der Waals surface area contributed by atoms with Crippen LogP contribution in [0.1, 0.15) is 67.2 Å². The molecule has 4 bridgehead atoms. The van der Waals surface area contributed by atoms with E-state index in [4.69, 9.17) is 11.5 Å². The largest absolute Gasteiger partial charge is 0.257 e. The molecule has 22 heavy (non-hydrogen) atoms. The molecule has 2 heteroatoms. The zero-order valence-corrected chi connectivity index (χ0v) is 16.2. The van der Waals surface area contributed by atoms with Gasteiger partial charge in [0.05, 0.1) is 0 Å². The fourth-order valence-electron chi connectivity index (χ4n) is 7.54. The van der Waals surface area contributed by atoms with E-state index in [2.05, 4.69) is 41.5 Å². The molecule has 0 aromatic rings. The number of hydrogen-bond acceptors (Lipinski definition) is 0. The van der Waals surface area contributed by atoms with Crippen molar-refractivity contribution in [3.63, 3.8) is 0 Å². The van der Waals surface area contributed by atoms with E-state index in [1.807, 2.05) is 0 Å². The summed E-state index contributed by atoms with van der Waals surface area (Å²) >= 11 is 7.19. The molecule has 0 N–H and O–H groups in total. The predicted octanol–water partition coefficient (Wildman–Crippen LogP) is 6.36. The van der Waals surface area contributed by atoms with E-state index >= 15 is 0 Å². The molecule has 6 saturated carbocycles. The standard InChI is InChI=1S/C20H34BCl/c1-11-15-7-13(19(15,3)4)9-17(11)21(22)18-10-14-8-16(12(18)2)20(14,5)6/h11-18H,7-10H2,1-6H3/t11-,12+,13-,14-,15+,16+,17-,18-/m0/s1. The van der Waals surface area contributed by atoms with Gasteiger partial charge in [-0.1, -0.05) is 54.4 Å². The zero-order valence-electron chi connectivity index (χ0n) is 15.4. The van der Waals surface area contributed by atoms with Crippen LogP contribution in [0.2, 0.25) is 11.6 Å². The van der Waals surface area contributed by atoms with Crippen LogP contribution < -0.4 is 0 Å². The van der Waals surface area contributed by atoms with Crippen LogP contribution in [0.4, 0.5) is 0 Å². The van der Waals surface area contributed by atoms with Crippen molar-refractivity contribution in [2.24, 2.45) is 46.3 Å². The average molecular weight is 321 g/mol. The molecule has 6 rings (SSSR count). The van der Waals surface area contributed by atoms with Crippen molar-refractivity contribution in [3.8, 4) is 0 Å². The normalized spacial score (nSPS) is 54.1. The fraction of sp³-hybridized carbons (Fsp3) is 1.00. The minimum Gasteiger partial charge on any atom is -0.195 e. The van der Waals surface area contributed by atoms with Crippen molar-refractivity contribution in [1.29, 1.82) is 0 Å². The van der Waals surface area contributed by atoms with Crippen LogP contribution in [0.5, 0.6) is 0 Å². The monoisotopic (exact) mass is 320 g/mol. The van der Waals surface area contributed by atoms with Crippen LogP contribution in [0, 0.1) is 46.3 Å². The van der Waals surface area contributed by atoms with Crippen molar-refractivity contribution in [2.45, 2.75) is 78.9 Å². The number of rotatable bonds is 2. The van der Waals surface area contributed by atoms with Gasteiger partial charge in [-0.05, 0) is 70.8 Å². The van der Waals surface area contributed by atoms with Crippen molar-refractivity contribution in [1.82, 2.24) is 0 Å². The second-order valence-corrected chi connectivity index (χ2v) is 11.2. The lowest BCUT2D eigenvalue weighted by atomic mass is 9.30. The minimum atomic E-state index is 0.438. The van der Waals surface area contributed by atoms with Gasteiger partial charge < -0.3 is 0 Å². The summed E-state index contributed by atoms with van der Waals surface area (Å²) in [6.45, 7) is 15.0. The molecule has 0 heterocycles. The number of hydrogen-bond donors (Lipinski definition) is 0. The van der Waals surface area contributed by atoms with Crippen LogP contribution in [-0.2, 0) is 0 Å². The molecule has 0 nitrogen and oxygen atoms in total. The summed E-state index contributed by atoms with van der Waals surface area (Å²) in [4.78, 5) is 0. The Hall–Kier alpha value is 0.355. The van der Waals surface area contributed by atoms with Gasteiger partial charge in [0.15, 0.2) is 0 Å². The maximum Gasteiger partial charge on any atom is 0.257 e. The highest BCUT2D eigenvalue weighted by Gasteiger charge is 2.62. The zero-order chi connectivity index (χ0) is 16.0. The Bertz CT molecular complexity index is 428. The van der Waals surface area contributed by atoms with Crippen LogP contribution in [-0.4, -0.2) is 6.13 Å². The summed E-state index contributed by atoms with van der Waals surface area (Å²) in [6.07, 6.45) is 6.20. The lowest BCUT2D eigenvalue weighted by Gasteiger charge is -2.65. The van der Waals surface area contributed by atoms with Gasteiger partial charge in [-0.3, -0.25) is 0 Å². The predicted molar refractivity (Wildman–Crippen MR) is 97.4 cm³/mol. The maximum atomic E-state index is 7.19. The highest BCUT2D eigenvalue weighted by Crippen LogP contribution is 2.69. The lowest BCUT2D eigenvalue weighted by molar-refractivity contribution is -0.106. The first-order chi connectivity index (χ1) is 10.2. The molecule has 0 radical (unpaired) electrons. The summed E-state index contributed by atoms with van der Waals surface area (Å²) in [5, 5.41) is 0. The van der Waals surface area contributed by atoms with Gasteiger partial charge in [0, 0.05) is 0 Å². The Kier molecular flexibility index (Phi) is 3.39. The number of fused-ring (bicyclic) bond motifs is 4. The van der Waals surface area contributed by atoms with Gasteiger partial charge in [0.25, 0.3) is 6.13 Å². The van der Waals surface area contributed by atoms with Crippen LogP contribution in [0.15, 0.2) is 0 Å². The lowest BCUT2D eigenvalue weighted by Crippen LogP contribution is -2.58. The molecule has 6 aliphatic carbocycles. The summed E-state index contributed by atoms with van der Waals surface area (Å²) in [5.74, 6) is 7.00. The van der Waals surface area contributed by atoms with E-state index in [0.717, 1.165) is 47.1 Å². The third-order valence-electron chi connectivity index (χ3n) is 9.64. The van der Waals surface area contributed by atoms with Gasteiger partial charge in [-0.15, -0.1) is 0 Å². The van der Waals surface area contributed by atoms with Gasteiger partial charge >= 0.3 is 0 Å². The third-order valence-corrected chi connectivity index (χ3v) is 10.3. The molecule has 0 aromatic carbocycles. The molecule has 6 fully saturated rings. The molecule has 0 saturated heterocycles. The molecule has 0 aliphatic heterocycles. The van der Waals surface area contributed by atoms with E-state index in [1.165, 1.54) is 25.7 Å². The topological polar surface area (TPSA) is 0 Å². The van der Waals surface area contributed by atoms with Crippen molar-refractivity contribution < 1.29 is 0 Å². The maximum absolute atomic E-state index is 7.19. The van der Waals surface area contributed by atoms with Crippen LogP contribution in [0.25, 0.3) is 0 Å². The second-order valence-electron chi connectivity index (χ2n) is 10.7. The first kappa shape index (κ1) is 15.9. The van der Waals surface area contributed by atoms with Crippen molar-refractivity contribution in [3.05, 3.63) is 0 Å². The van der Waals surface area contributed by atoms with Gasteiger partial charge in [0.1, 0.15) is 0 Å². The van der Waals surface area contributed by atoms with E-state index in [-0.39, 0.29) is 0 Å². The molecular weight excluding hydrogens is 286 g/mol. The molecule has 124 valence electrons. The molecule has 6 aliphatic rings. The average Bonchev–Trinajstić information content (AvgIpc) is 2.45. The summed E-state index contributed by atoms with van der Waals surface area (Å²) in [7, 11) is 0. The highest BCUT2D eigenvalue weighted by atomic mass is 35.5. The van der Waals surface area contributed by atoms with E-state index in [9.17, 15) is 0 Å². The minimum absolute atomic E-state index is 0.438. The molecule has 8 atom stereocenters. The Balaban J connectivity index is 1.49. The molecule has 0 spiro atoms. The Labute approximate surface area is 143 Å². The fourth-order valence-corrected chi connectivity index (χ4v) is 8.20. The van der Waals surface area contributed by atoms with E-state index in [1.54, 1.807) is 0 Å². The third kappa shape index (κ3) is 1.84. The van der Waals surface area contributed by atoms with Crippen molar-refractivity contribution in [2.75, 3.05) is 0 Å². The molecule has 0 unspecified atom stereocenters. The smallest absolute Gasteiger partial charge is 0.195 e. The van der Waals surface area contributed by atoms with E-state index < -0.39 is 0 Å². The molecule has 0 aromatic heterocycles. The molecular formula is C20H34BCl. The van der Waals surface area contributed by atoms with Crippen LogP contribution in [0.3, 0.4) is 0 Å². The van der Waals surface area contributed by atoms with Crippen molar-refractivity contribution >= 4 is 17.6 Å². The summed E-state index contributed by atoms with van der Waals surface area (Å²) < 4.78 is 0. The number of halogens is 1. The van der Waals surface area contributed by atoms with Gasteiger partial charge in [-0.2, -0.15) is 11.5 Å². The van der Waals surface area contributed by atoms with E-state index in [0.29, 0.717) is 17.0 Å². The van der Waals surface area contributed by atoms with Gasteiger partial charge in [-0.25, -0.2) is 0 Å². The van der Waals surface area contributed by atoms with Crippen LogP contribution >= 0.6 is 11.5 Å². The molecule has 0 amide bonds. The Morgan fingerprint density at radius 3 is 1.36 bits per heavy atom. The SMILES string of the molecule is C[C@@H]1[C@@H](B(Cl)[C@H]2C[C@@H]3C[C@H]([C@H]2C)C3(C)C)C[C@@H]2C[C@H]1C2(C)C. The quantitative estimate of drug-likeness (QED) is 0.519.